The van der Waals surface area contributed by atoms with Gasteiger partial charge in [-0.25, -0.2) is 0 Å². The van der Waals surface area contributed by atoms with E-state index in [0.717, 1.165) is 18.7 Å². The quantitative estimate of drug-likeness (QED) is 0.814. The highest BCUT2D eigenvalue weighted by molar-refractivity contribution is 7.07. The standard InChI is InChI=1S/C14H20ClN3OS/c1-3-16-13(8-11-4-7-20-10-11)14-12(15)9-17-18(14)5-6-19-2/h4,7,9-10,13,16H,3,5-6,8H2,1-2H3. The Kier molecular flexibility index (Phi) is 6.04. The van der Waals surface area contributed by atoms with Gasteiger partial charge in [0, 0.05) is 7.11 Å². The van der Waals surface area contributed by atoms with E-state index < -0.39 is 0 Å². The van der Waals surface area contributed by atoms with Crippen LogP contribution in [0.1, 0.15) is 24.2 Å². The van der Waals surface area contributed by atoms with E-state index in [0.29, 0.717) is 18.2 Å². The Morgan fingerprint density at radius 3 is 3.05 bits per heavy atom. The summed E-state index contributed by atoms with van der Waals surface area (Å²) in [5.41, 5.74) is 2.35. The summed E-state index contributed by atoms with van der Waals surface area (Å²) in [6, 6.07) is 2.32. The van der Waals surface area contributed by atoms with Crippen LogP contribution < -0.4 is 5.32 Å². The van der Waals surface area contributed by atoms with Crippen LogP contribution in [0.15, 0.2) is 23.0 Å². The van der Waals surface area contributed by atoms with Crippen LogP contribution in [0.4, 0.5) is 0 Å². The highest BCUT2D eigenvalue weighted by Crippen LogP contribution is 2.26. The largest absolute Gasteiger partial charge is 0.383 e. The zero-order valence-electron chi connectivity index (χ0n) is 11.8. The third kappa shape index (κ3) is 3.82. The van der Waals surface area contributed by atoms with Gasteiger partial charge < -0.3 is 10.1 Å². The molecule has 2 aromatic heterocycles. The highest BCUT2D eigenvalue weighted by atomic mass is 35.5. The monoisotopic (exact) mass is 313 g/mol. The molecule has 1 atom stereocenters. The molecular weight excluding hydrogens is 294 g/mol. The van der Waals surface area contributed by atoms with Crippen molar-refractivity contribution >= 4 is 22.9 Å². The third-order valence-electron chi connectivity index (χ3n) is 3.14. The van der Waals surface area contributed by atoms with Gasteiger partial charge in [-0.15, -0.1) is 0 Å². The van der Waals surface area contributed by atoms with Crippen LogP contribution in [-0.4, -0.2) is 30.0 Å². The molecule has 20 heavy (non-hydrogen) atoms. The molecule has 4 nitrogen and oxygen atoms in total. The normalized spacial score (nSPS) is 12.8. The molecule has 1 unspecified atom stereocenters. The zero-order chi connectivity index (χ0) is 14.4. The molecule has 1 N–H and O–H groups in total. The summed E-state index contributed by atoms with van der Waals surface area (Å²) in [4.78, 5) is 0. The van der Waals surface area contributed by atoms with Gasteiger partial charge in [-0.2, -0.15) is 16.4 Å². The number of likely N-dealkylation sites (N-methyl/N-ethyl adjacent to an activating group) is 1. The number of nitrogens with zero attached hydrogens (tertiary/aromatic N) is 2. The second-order valence-corrected chi connectivity index (χ2v) is 5.73. The fourth-order valence-corrected chi connectivity index (χ4v) is 3.19. The maximum absolute atomic E-state index is 6.33. The molecule has 0 bridgehead atoms. The van der Waals surface area contributed by atoms with Crippen molar-refractivity contribution in [3.8, 4) is 0 Å². The molecule has 0 aliphatic heterocycles. The molecule has 110 valence electrons. The average molecular weight is 314 g/mol. The first-order chi connectivity index (χ1) is 9.76. The summed E-state index contributed by atoms with van der Waals surface area (Å²) >= 11 is 8.05. The summed E-state index contributed by atoms with van der Waals surface area (Å²) in [5.74, 6) is 0. The van der Waals surface area contributed by atoms with Crippen molar-refractivity contribution in [2.24, 2.45) is 0 Å². The average Bonchev–Trinajstić information content (AvgIpc) is 3.06. The number of hydrogen-bond donors (Lipinski definition) is 1. The van der Waals surface area contributed by atoms with Gasteiger partial charge in [0.05, 0.1) is 36.1 Å². The van der Waals surface area contributed by atoms with Gasteiger partial charge in [0.25, 0.3) is 0 Å². The van der Waals surface area contributed by atoms with E-state index in [4.69, 9.17) is 16.3 Å². The SMILES string of the molecule is CCNC(Cc1ccsc1)c1c(Cl)cnn1CCOC. The molecule has 0 aliphatic rings. The summed E-state index contributed by atoms with van der Waals surface area (Å²) in [6.07, 6.45) is 2.63. The predicted molar refractivity (Wildman–Crippen MR) is 83.6 cm³/mol. The molecule has 0 saturated carbocycles. The van der Waals surface area contributed by atoms with Crippen molar-refractivity contribution < 1.29 is 4.74 Å². The van der Waals surface area contributed by atoms with Crippen LogP contribution in [0.25, 0.3) is 0 Å². The van der Waals surface area contributed by atoms with Crippen LogP contribution in [-0.2, 0) is 17.7 Å². The van der Waals surface area contributed by atoms with E-state index in [2.05, 4.69) is 34.2 Å². The molecule has 0 amide bonds. The highest BCUT2D eigenvalue weighted by Gasteiger charge is 2.20. The van der Waals surface area contributed by atoms with E-state index in [-0.39, 0.29) is 6.04 Å². The van der Waals surface area contributed by atoms with Gasteiger partial charge >= 0.3 is 0 Å². The molecule has 0 aromatic carbocycles. The maximum atomic E-state index is 6.33. The zero-order valence-corrected chi connectivity index (χ0v) is 13.4. The molecule has 0 aliphatic carbocycles. The van der Waals surface area contributed by atoms with Gasteiger partial charge in [-0.3, -0.25) is 4.68 Å². The molecule has 0 spiro atoms. The van der Waals surface area contributed by atoms with Crippen molar-refractivity contribution in [1.29, 1.82) is 0 Å². The third-order valence-corrected chi connectivity index (χ3v) is 4.16. The van der Waals surface area contributed by atoms with Crippen LogP contribution in [0.2, 0.25) is 5.02 Å². The number of nitrogens with one attached hydrogen (secondary N) is 1. The molecule has 2 aromatic rings. The number of hydrogen-bond acceptors (Lipinski definition) is 4. The minimum Gasteiger partial charge on any atom is -0.383 e. The van der Waals surface area contributed by atoms with Crippen molar-refractivity contribution in [2.45, 2.75) is 25.9 Å². The lowest BCUT2D eigenvalue weighted by Crippen LogP contribution is -2.26. The first kappa shape index (κ1) is 15.5. The van der Waals surface area contributed by atoms with Crippen molar-refractivity contribution in [1.82, 2.24) is 15.1 Å². The van der Waals surface area contributed by atoms with Crippen LogP contribution in [0, 0.1) is 0 Å². The Bertz CT molecular complexity index is 512. The lowest BCUT2D eigenvalue weighted by Gasteiger charge is -2.19. The molecule has 0 radical (unpaired) electrons. The number of thiophene rings is 1. The van der Waals surface area contributed by atoms with E-state index in [1.54, 1.807) is 24.6 Å². The van der Waals surface area contributed by atoms with Crippen molar-refractivity contribution in [3.05, 3.63) is 39.3 Å². The summed E-state index contributed by atoms with van der Waals surface area (Å²) in [6.45, 7) is 4.33. The Morgan fingerprint density at radius 1 is 1.55 bits per heavy atom. The molecular formula is C14H20ClN3OS. The number of ether oxygens (including phenoxy) is 1. The topological polar surface area (TPSA) is 39.1 Å². The smallest absolute Gasteiger partial charge is 0.0834 e. The molecule has 0 fully saturated rings. The van der Waals surface area contributed by atoms with Crippen LogP contribution >= 0.6 is 22.9 Å². The molecule has 0 saturated heterocycles. The number of rotatable bonds is 8. The van der Waals surface area contributed by atoms with Gasteiger partial charge in [-0.1, -0.05) is 18.5 Å². The first-order valence-corrected chi connectivity index (χ1v) is 8.03. The lowest BCUT2D eigenvalue weighted by molar-refractivity contribution is 0.181. The minimum absolute atomic E-state index is 0.168. The number of methoxy groups -OCH3 is 1. The van der Waals surface area contributed by atoms with Crippen molar-refractivity contribution in [3.63, 3.8) is 0 Å². The maximum Gasteiger partial charge on any atom is 0.0834 e. The first-order valence-electron chi connectivity index (χ1n) is 6.70. The Hall–Kier alpha value is -0.880. The predicted octanol–water partition coefficient (Wildman–Crippen LogP) is 3.14. The fourth-order valence-electron chi connectivity index (χ4n) is 2.23. The van der Waals surface area contributed by atoms with Gasteiger partial charge in [0.1, 0.15) is 0 Å². The second-order valence-electron chi connectivity index (χ2n) is 4.54. The van der Waals surface area contributed by atoms with Crippen LogP contribution in [0.3, 0.4) is 0 Å². The minimum atomic E-state index is 0.168. The van der Waals surface area contributed by atoms with E-state index in [1.165, 1.54) is 5.56 Å². The van der Waals surface area contributed by atoms with Gasteiger partial charge in [0.15, 0.2) is 0 Å². The summed E-state index contributed by atoms with van der Waals surface area (Å²) in [5, 5.41) is 12.8. The molecule has 2 rings (SSSR count). The van der Waals surface area contributed by atoms with E-state index in [9.17, 15) is 0 Å². The summed E-state index contributed by atoms with van der Waals surface area (Å²) < 4.78 is 7.07. The summed E-state index contributed by atoms with van der Waals surface area (Å²) in [7, 11) is 1.69. The van der Waals surface area contributed by atoms with E-state index >= 15 is 0 Å². The Labute approximate surface area is 128 Å². The Morgan fingerprint density at radius 2 is 2.40 bits per heavy atom. The lowest BCUT2D eigenvalue weighted by atomic mass is 10.1. The van der Waals surface area contributed by atoms with Gasteiger partial charge in [0.2, 0.25) is 0 Å². The molecule has 2 heterocycles. The van der Waals surface area contributed by atoms with E-state index in [1.807, 2.05) is 4.68 Å². The second kappa shape index (κ2) is 7.78. The number of aromatic nitrogens is 2. The number of halogens is 1. The van der Waals surface area contributed by atoms with Crippen LogP contribution in [0.5, 0.6) is 0 Å². The van der Waals surface area contributed by atoms with Gasteiger partial charge in [-0.05, 0) is 35.4 Å². The Balaban J connectivity index is 2.21. The van der Waals surface area contributed by atoms with Crippen molar-refractivity contribution in [2.75, 3.05) is 20.3 Å². The molecule has 6 heteroatoms. The fraction of sp³-hybridized carbons (Fsp3) is 0.500.